The van der Waals surface area contributed by atoms with Crippen molar-refractivity contribution in [3.05, 3.63) is 53.3 Å². The molecular formula is C15H21N3. The molecule has 0 aliphatic rings. The number of hydrogen-bond donors (Lipinski definition) is 1. The summed E-state index contributed by atoms with van der Waals surface area (Å²) in [5, 5.41) is 4.32. The van der Waals surface area contributed by atoms with Gasteiger partial charge in [0.2, 0.25) is 0 Å². The molecule has 0 saturated heterocycles. The molecule has 1 atom stereocenters. The molecule has 1 aromatic heterocycles. The van der Waals surface area contributed by atoms with Gasteiger partial charge in [-0.1, -0.05) is 36.8 Å². The quantitative estimate of drug-likeness (QED) is 0.877. The third-order valence-corrected chi connectivity index (χ3v) is 3.10. The lowest BCUT2D eigenvalue weighted by atomic mass is 10.0. The third kappa shape index (κ3) is 2.99. The second-order valence-electron chi connectivity index (χ2n) is 4.78. The molecule has 0 aliphatic heterocycles. The van der Waals surface area contributed by atoms with Crippen LogP contribution >= 0.6 is 0 Å². The highest BCUT2D eigenvalue weighted by molar-refractivity contribution is 5.24. The summed E-state index contributed by atoms with van der Waals surface area (Å²) in [4.78, 5) is 0. The Kier molecular flexibility index (Phi) is 4.15. The normalized spacial score (nSPS) is 12.6. The SMILES string of the molecule is CCCn1nccc1C(N)Cc1cccc(C)c1. The number of benzene rings is 1. The lowest BCUT2D eigenvalue weighted by molar-refractivity contribution is 0.537. The first-order valence-corrected chi connectivity index (χ1v) is 6.53. The van der Waals surface area contributed by atoms with E-state index in [2.05, 4.69) is 43.2 Å². The molecule has 3 heteroatoms. The molecule has 2 rings (SSSR count). The Labute approximate surface area is 109 Å². The van der Waals surface area contributed by atoms with Gasteiger partial charge in [0.05, 0.1) is 11.7 Å². The van der Waals surface area contributed by atoms with Gasteiger partial charge in [0, 0.05) is 12.7 Å². The first kappa shape index (κ1) is 12.8. The molecule has 0 amide bonds. The van der Waals surface area contributed by atoms with Crippen molar-refractivity contribution in [3.63, 3.8) is 0 Å². The lowest BCUT2D eigenvalue weighted by Gasteiger charge is -2.14. The summed E-state index contributed by atoms with van der Waals surface area (Å²) in [6.07, 6.45) is 3.77. The molecule has 0 saturated carbocycles. The van der Waals surface area contributed by atoms with Crippen molar-refractivity contribution in [1.82, 2.24) is 9.78 Å². The number of hydrogen-bond acceptors (Lipinski definition) is 2. The Morgan fingerprint density at radius 2 is 2.17 bits per heavy atom. The second-order valence-corrected chi connectivity index (χ2v) is 4.78. The number of nitrogens with two attached hydrogens (primary N) is 1. The van der Waals surface area contributed by atoms with Crippen molar-refractivity contribution in [1.29, 1.82) is 0 Å². The van der Waals surface area contributed by atoms with Crippen LogP contribution in [0.1, 0.15) is 36.2 Å². The fourth-order valence-corrected chi connectivity index (χ4v) is 2.25. The summed E-state index contributed by atoms with van der Waals surface area (Å²) in [7, 11) is 0. The van der Waals surface area contributed by atoms with Gasteiger partial charge in [0.15, 0.2) is 0 Å². The summed E-state index contributed by atoms with van der Waals surface area (Å²) >= 11 is 0. The fourth-order valence-electron chi connectivity index (χ4n) is 2.25. The molecule has 2 aromatic rings. The summed E-state index contributed by atoms with van der Waals surface area (Å²) < 4.78 is 2.01. The van der Waals surface area contributed by atoms with E-state index in [0.717, 1.165) is 25.1 Å². The van der Waals surface area contributed by atoms with Crippen molar-refractivity contribution in [3.8, 4) is 0 Å². The smallest absolute Gasteiger partial charge is 0.0554 e. The zero-order chi connectivity index (χ0) is 13.0. The van der Waals surface area contributed by atoms with Crippen molar-refractivity contribution in [2.24, 2.45) is 5.73 Å². The summed E-state index contributed by atoms with van der Waals surface area (Å²) in [6, 6.07) is 10.6. The Morgan fingerprint density at radius 3 is 2.89 bits per heavy atom. The molecule has 3 nitrogen and oxygen atoms in total. The molecule has 1 aromatic carbocycles. The molecule has 0 bridgehead atoms. The predicted molar refractivity (Wildman–Crippen MR) is 74.3 cm³/mol. The van der Waals surface area contributed by atoms with E-state index in [1.54, 1.807) is 0 Å². The van der Waals surface area contributed by atoms with Crippen LogP contribution in [-0.2, 0) is 13.0 Å². The molecule has 1 heterocycles. The maximum absolute atomic E-state index is 6.29. The van der Waals surface area contributed by atoms with Gasteiger partial charge >= 0.3 is 0 Å². The summed E-state index contributed by atoms with van der Waals surface area (Å²) in [5.74, 6) is 0. The van der Waals surface area contributed by atoms with Gasteiger partial charge in [-0.15, -0.1) is 0 Å². The maximum Gasteiger partial charge on any atom is 0.0554 e. The number of aromatic nitrogens is 2. The van der Waals surface area contributed by atoms with Crippen LogP contribution < -0.4 is 5.73 Å². The van der Waals surface area contributed by atoms with E-state index < -0.39 is 0 Å². The van der Waals surface area contributed by atoms with Crippen molar-refractivity contribution >= 4 is 0 Å². The standard InChI is InChI=1S/C15H21N3/c1-3-9-18-15(7-8-17-18)14(16)11-13-6-4-5-12(2)10-13/h4-8,10,14H,3,9,11,16H2,1-2H3. The fraction of sp³-hybridized carbons (Fsp3) is 0.400. The third-order valence-electron chi connectivity index (χ3n) is 3.10. The van der Waals surface area contributed by atoms with Crippen LogP contribution in [0.2, 0.25) is 0 Å². The van der Waals surface area contributed by atoms with E-state index in [4.69, 9.17) is 5.73 Å². The van der Waals surface area contributed by atoms with Crippen LogP contribution in [-0.4, -0.2) is 9.78 Å². The van der Waals surface area contributed by atoms with E-state index in [0.29, 0.717) is 0 Å². The highest BCUT2D eigenvalue weighted by Crippen LogP contribution is 2.16. The zero-order valence-electron chi connectivity index (χ0n) is 11.1. The Hall–Kier alpha value is -1.61. The molecule has 0 radical (unpaired) electrons. The molecule has 0 fully saturated rings. The van der Waals surface area contributed by atoms with Crippen LogP contribution in [0.25, 0.3) is 0 Å². The molecule has 96 valence electrons. The molecular weight excluding hydrogens is 222 g/mol. The van der Waals surface area contributed by atoms with Gasteiger partial charge in [-0.05, 0) is 31.4 Å². The van der Waals surface area contributed by atoms with Gasteiger partial charge in [-0.25, -0.2) is 0 Å². The van der Waals surface area contributed by atoms with Gasteiger partial charge < -0.3 is 5.73 Å². The van der Waals surface area contributed by atoms with Gasteiger partial charge in [-0.3, -0.25) is 4.68 Å². The second kappa shape index (κ2) is 5.83. The van der Waals surface area contributed by atoms with E-state index in [1.807, 2.05) is 16.9 Å². The Bertz CT molecular complexity index is 502. The van der Waals surface area contributed by atoms with Crippen LogP contribution in [0.15, 0.2) is 36.5 Å². The molecule has 1 unspecified atom stereocenters. The van der Waals surface area contributed by atoms with E-state index in [9.17, 15) is 0 Å². The minimum Gasteiger partial charge on any atom is -0.322 e. The van der Waals surface area contributed by atoms with E-state index >= 15 is 0 Å². The van der Waals surface area contributed by atoms with E-state index in [-0.39, 0.29) is 6.04 Å². The largest absolute Gasteiger partial charge is 0.322 e. The minimum absolute atomic E-state index is 0.0147. The molecule has 18 heavy (non-hydrogen) atoms. The van der Waals surface area contributed by atoms with Crippen LogP contribution in [0.4, 0.5) is 0 Å². The number of nitrogens with zero attached hydrogens (tertiary/aromatic N) is 2. The van der Waals surface area contributed by atoms with Gasteiger partial charge in [-0.2, -0.15) is 5.10 Å². The molecule has 0 aliphatic carbocycles. The molecule has 0 spiro atoms. The Morgan fingerprint density at radius 1 is 1.33 bits per heavy atom. The van der Waals surface area contributed by atoms with Crippen LogP contribution in [0.3, 0.4) is 0 Å². The van der Waals surface area contributed by atoms with E-state index in [1.165, 1.54) is 11.1 Å². The van der Waals surface area contributed by atoms with Crippen molar-refractivity contribution in [2.45, 2.75) is 39.3 Å². The number of aryl methyl sites for hydroxylation is 2. The predicted octanol–water partition coefficient (Wildman–Crippen LogP) is 2.84. The first-order valence-electron chi connectivity index (χ1n) is 6.53. The average Bonchev–Trinajstić information content (AvgIpc) is 2.78. The molecule has 2 N–H and O–H groups in total. The van der Waals surface area contributed by atoms with Crippen LogP contribution in [0.5, 0.6) is 0 Å². The van der Waals surface area contributed by atoms with Crippen LogP contribution in [0, 0.1) is 6.92 Å². The summed E-state index contributed by atoms with van der Waals surface area (Å²) in [5.41, 5.74) is 9.98. The Balaban J connectivity index is 2.11. The minimum atomic E-state index is 0.0147. The van der Waals surface area contributed by atoms with Crippen molar-refractivity contribution < 1.29 is 0 Å². The highest BCUT2D eigenvalue weighted by atomic mass is 15.3. The first-order chi connectivity index (χ1) is 8.70. The van der Waals surface area contributed by atoms with Gasteiger partial charge in [0.1, 0.15) is 0 Å². The highest BCUT2D eigenvalue weighted by Gasteiger charge is 2.12. The summed E-state index contributed by atoms with van der Waals surface area (Å²) in [6.45, 7) is 5.19. The monoisotopic (exact) mass is 243 g/mol. The average molecular weight is 243 g/mol. The van der Waals surface area contributed by atoms with Gasteiger partial charge in [0.25, 0.3) is 0 Å². The zero-order valence-corrected chi connectivity index (χ0v) is 11.1. The van der Waals surface area contributed by atoms with Crippen molar-refractivity contribution in [2.75, 3.05) is 0 Å². The lowest BCUT2D eigenvalue weighted by Crippen LogP contribution is -2.18. The topological polar surface area (TPSA) is 43.8 Å². The number of rotatable bonds is 5. The maximum atomic E-state index is 6.29.